The molecule has 1 unspecified atom stereocenters. The largest absolute Gasteiger partial charge is 0.352 e. The van der Waals surface area contributed by atoms with Crippen LogP contribution in [0.4, 0.5) is 20.2 Å². The van der Waals surface area contributed by atoms with Crippen LogP contribution in [0, 0.1) is 22.1 Å². The average molecular weight is 596 g/mol. The lowest BCUT2D eigenvalue weighted by molar-refractivity contribution is 0.00675. The zero-order valence-corrected chi connectivity index (χ0v) is 21.0. The zero-order chi connectivity index (χ0) is 22.4. The molecule has 0 aromatic heterocycles. The number of carbonyl (C=O) groups excluding carboxylic acids is 1. The number of likely N-dealkylation sites (N-methyl/N-ethyl adjacent to an activating group) is 1. The second kappa shape index (κ2) is 11.4. The van der Waals surface area contributed by atoms with Crippen LogP contribution < -0.4 is 10.8 Å². The van der Waals surface area contributed by atoms with Gasteiger partial charge < -0.3 is 5.32 Å². The number of aryl methyl sites for hydroxylation is 1. The van der Waals surface area contributed by atoms with Gasteiger partial charge in [0, 0.05) is 15.3 Å². The second-order valence-corrected chi connectivity index (χ2v) is 8.91. The van der Waals surface area contributed by atoms with Crippen LogP contribution in [-0.2, 0) is 4.84 Å². The molecule has 0 heterocycles. The van der Waals surface area contributed by atoms with Crippen LogP contribution in [0.1, 0.15) is 36.7 Å². The fourth-order valence-electron chi connectivity index (χ4n) is 3.03. The predicted octanol–water partition coefficient (Wildman–Crippen LogP) is 5.78. The third-order valence-electron chi connectivity index (χ3n) is 4.78. The summed E-state index contributed by atoms with van der Waals surface area (Å²) in [5.74, 6) is -2.90. The third-order valence-corrected chi connectivity index (χ3v) is 6.03. The Balaban J connectivity index is 2.25. The number of halogens is 4. The van der Waals surface area contributed by atoms with Gasteiger partial charge >= 0.3 is 0 Å². The zero-order valence-electron chi connectivity index (χ0n) is 17.3. The van der Waals surface area contributed by atoms with E-state index in [2.05, 4.69) is 54.2 Å². The number of hydroxylamine groups is 1. The summed E-state index contributed by atoms with van der Waals surface area (Å²) in [6.45, 7) is 9.89. The van der Waals surface area contributed by atoms with Crippen molar-refractivity contribution in [1.29, 1.82) is 0 Å². The molecule has 30 heavy (non-hydrogen) atoms. The number of carbonyl (C=O) groups is 1. The molecule has 1 atom stereocenters. The highest BCUT2D eigenvalue weighted by Gasteiger charge is 2.23. The smallest absolute Gasteiger partial charge is 0.277 e. The summed E-state index contributed by atoms with van der Waals surface area (Å²) >= 11 is 5.13. The van der Waals surface area contributed by atoms with Crippen molar-refractivity contribution < 1.29 is 18.4 Å². The Labute approximate surface area is 197 Å². The summed E-state index contributed by atoms with van der Waals surface area (Å²) in [6.07, 6.45) is 0. The van der Waals surface area contributed by atoms with E-state index < -0.39 is 17.5 Å². The van der Waals surface area contributed by atoms with E-state index in [1.807, 2.05) is 39.8 Å². The minimum Gasteiger partial charge on any atom is -0.352 e. The van der Waals surface area contributed by atoms with Crippen LogP contribution in [0.3, 0.4) is 0 Å². The number of hydrogen-bond donors (Lipinski definition) is 2. The first-order chi connectivity index (χ1) is 14.2. The first-order valence-electron chi connectivity index (χ1n) is 9.56. The van der Waals surface area contributed by atoms with Gasteiger partial charge in [-0.15, -0.1) is 0 Å². The number of benzene rings is 2. The molecule has 5 nitrogen and oxygen atoms in total. The summed E-state index contributed by atoms with van der Waals surface area (Å²) < 4.78 is 29.8. The number of hydrogen-bond acceptors (Lipinski definition) is 4. The van der Waals surface area contributed by atoms with Crippen molar-refractivity contribution in [3.8, 4) is 0 Å². The summed E-state index contributed by atoms with van der Waals surface area (Å²) in [6, 6.07) is 6.80. The van der Waals surface area contributed by atoms with E-state index in [1.165, 1.54) is 6.07 Å². The van der Waals surface area contributed by atoms with E-state index >= 15 is 0 Å². The summed E-state index contributed by atoms with van der Waals surface area (Å²) in [5.41, 5.74) is 3.42. The fourth-order valence-corrected chi connectivity index (χ4v) is 4.08. The van der Waals surface area contributed by atoms with Crippen LogP contribution in [-0.4, -0.2) is 36.5 Å². The normalized spacial score (nSPS) is 12.2. The minimum absolute atomic E-state index is 0.0748. The highest BCUT2D eigenvalue weighted by molar-refractivity contribution is 14.1. The molecule has 2 rings (SSSR count). The van der Waals surface area contributed by atoms with E-state index in [0.29, 0.717) is 5.69 Å². The minimum atomic E-state index is -1.15. The molecule has 0 bridgehead atoms. The molecule has 0 aliphatic carbocycles. The molecule has 1 amide bonds. The Hall–Kier alpha value is -1.30. The number of anilines is 2. The summed E-state index contributed by atoms with van der Waals surface area (Å²) in [4.78, 5) is 20.2. The Bertz CT molecular complexity index is 910. The highest BCUT2D eigenvalue weighted by Crippen LogP contribution is 2.32. The Kier molecular flexibility index (Phi) is 9.45. The van der Waals surface area contributed by atoms with Gasteiger partial charge in [-0.3, -0.25) is 14.5 Å². The van der Waals surface area contributed by atoms with Gasteiger partial charge in [0.05, 0.1) is 22.3 Å². The quantitative estimate of drug-likeness (QED) is 0.219. The third kappa shape index (κ3) is 6.12. The standard InChI is InChI=1S/C21H25BrF2IN3O2/c1-5-28(6-2)13(4)11-30-27-21(29)15-10-16(22)18(23)19(24)20(15)26-17-8-7-14(25)9-12(17)3/h7-10,13,26H,5-6,11H2,1-4H3,(H,27,29). The molecule has 0 saturated heterocycles. The Morgan fingerprint density at radius 1 is 1.23 bits per heavy atom. The SMILES string of the molecule is CCN(CC)C(C)CONC(=O)c1cc(Br)c(F)c(F)c1Nc1ccc(I)cc1C. The number of nitrogens with zero attached hydrogens (tertiary/aromatic N) is 1. The molecule has 0 saturated carbocycles. The van der Waals surface area contributed by atoms with Crippen molar-refractivity contribution >= 4 is 55.8 Å². The molecular weight excluding hydrogens is 571 g/mol. The van der Waals surface area contributed by atoms with Gasteiger partial charge in [-0.2, -0.15) is 0 Å². The van der Waals surface area contributed by atoms with Gasteiger partial charge in [0.1, 0.15) is 0 Å². The van der Waals surface area contributed by atoms with Gasteiger partial charge in [-0.05, 0) is 95.3 Å². The maximum absolute atomic E-state index is 14.7. The van der Waals surface area contributed by atoms with Gasteiger partial charge in [0.15, 0.2) is 11.6 Å². The Morgan fingerprint density at radius 2 is 1.90 bits per heavy atom. The molecule has 2 aromatic rings. The van der Waals surface area contributed by atoms with Crippen LogP contribution in [0.2, 0.25) is 0 Å². The summed E-state index contributed by atoms with van der Waals surface area (Å²) in [7, 11) is 0. The van der Waals surface area contributed by atoms with E-state index in [-0.39, 0.29) is 28.4 Å². The van der Waals surface area contributed by atoms with Crippen LogP contribution >= 0.6 is 38.5 Å². The molecule has 0 radical (unpaired) electrons. The number of amides is 1. The molecule has 0 aliphatic rings. The Morgan fingerprint density at radius 3 is 2.50 bits per heavy atom. The molecule has 9 heteroatoms. The average Bonchev–Trinajstić information content (AvgIpc) is 2.70. The van der Waals surface area contributed by atoms with Crippen molar-refractivity contribution in [3.63, 3.8) is 0 Å². The van der Waals surface area contributed by atoms with Crippen molar-refractivity contribution in [2.45, 2.75) is 33.7 Å². The molecule has 0 spiro atoms. The van der Waals surface area contributed by atoms with Crippen molar-refractivity contribution in [1.82, 2.24) is 10.4 Å². The molecule has 164 valence electrons. The summed E-state index contributed by atoms with van der Waals surface area (Å²) in [5, 5.41) is 2.86. The second-order valence-electron chi connectivity index (χ2n) is 6.81. The van der Waals surface area contributed by atoms with E-state index in [1.54, 1.807) is 6.07 Å². The van der Waals surface area contributed by atoms with Crippen LogP contribution in [0.25, 0.3) is 0 Å². The number of nitrogens with one attached hydrogen (secondary N) is 2. The van der Waals surface area contributed by atoms with Crippen LogP contribution in [0.15, 0.2) is 28.7 Å². The first-order valence-corrected chi connectivity index (χ1v) is 11.4. The monoisotopic (exact) mass is 595 g/mol. The predicted molar refractivity (Wildman–Crippen MR) is 127 cm³/mol. The van der Waals surface area contributed by atoms with Gasteiger partial charge in [-0.1, -0.05) is 13.8 Å². The lowest BCUT2D eigenvalue weighted by atomic mass is 10.1. The first kappa shape index (κ1) is 25.0. The maximum Gasteiger partial charge on any atom is 0.277 e. The molecule has 0 aliphatic heterocycles. The van der Waals surface area contributed by atoms with E-state index in [9.17, 15) is 13.6 Å². The van der Waals surface area contributed by atoms with Gasteiger partial charge in [-0.25, -0.2) is 14.3 Å². The molecule has 2 aromatic carbocycles. The molecular formula is C21H25BrF2IN3O2. The van der Waals surface area contributed by atoms with Crippen molar-refractivity contribution in [2.24, 2.45) is 0 Å². The maximum atomic E-state index is 14.7. The lowest BCUT2D eigenvalue weighted by Crippen LogP contribution is -2.38. The molecule has 0 fully saturated rings. The fraction of sp³-hybridized carbons (Fsp3) is 0.381. The van der Waals surface area contributed by atoms with Gasteiger partial charge in [0.2, 0.25) is 0 Å². The lowest BCUT2D eigenvalue weighted by Gasteiger charge is -2.25. The highest BCUT2D eigenvalue weighted by atomic mass is 127. The van der Waals surface area contributed by atoms with Gasteiger partial charge in [0.25, 0.3) is 5.91 Å². The van der Waals surface area contributed by atoms with Crippen molar-refractivity contribution in [2.75, 3.05) is 25.0 Å². The van der Waals surface area contributed by atoms with E-state index in [4.69, 9.17) is 4.84 Å². The van der Waals surface area contributed by atoms with E-state index in [0.717, 1.165) is 22.2 Å². The van der Waals surface area contributed by atoms with Crippen molar-refractivity contribution in [3.05, 3.63) is 55.1 Å². The molecule has 2 N–H and O–H groups in total. The van der Waals surface area contributed by atoms with Crippen LogP contribution in [0.5, 0.6) is 0 Å². The number of rotatable bonds is 9. The topological polar surface area (TPSA) is 53.6 Å².